The Kier molecular flexibility index (Phi) is 2.64. The van der Waals surface area contributed by atoms with Crippen molar-refractivity contribution < 1.29 is 4.79 Å². The highest BCUT2D eigenvalue weighted by atomic mass is 16.1. The minimum atomic E-state index is -0.210. The van der Waals surface area contributed by atoms with Crippen molar-refractivity contribution >= 4 is 17.8 Å². The molecule has 0 spiro atoms. The fourth-order valence-electron chi connectivity index (χ4n) is 1.04. The van der Waals surface area contributed by atoms with E-state index in [9.17, 15) is 4.79 Å². The summed E-state index contributed by atoms with van der Waals surface area (Å²) in [6.07, 6.45) is 1.11. The van der Waals surface area contributed by atoms with Crippen molar-refractivity contribution in [1.29, 1.82) is 5.41 Å². The Labute approximate surface area is 76.3 Å². The van der Waals surface area contributed by atoms with E-state index < -0.39 is 0 Å². The molecule has 4 heteroatoms. The number of anilines is 1. The molecule has 0 fully saturated rings. The summed E-state index contributed by atoms with van der Waals surface area (Å²) in [5.41, 5.74) is 7.05. The van der Waals surface area contributed by atoms with Crippen LogP contribution in [0.15, 0.2) is 18.2 Å². The minimum absolute atomic E-state index is 0.210. The summed E-state index contributed by atoms with van der Waals surface area (Å²) in [6.45, 7) is 0. The van der Waals surface area contributed by atoms with Crippen LogP contribution in [0.25, 0.3) is 0 Å². The van der Waals surface area contributed by atoms with Crippen LogP contribution in [0.4, 0.5) is 5.69 Å². The van der Waals surface area contributed by atoms with Crippen molar-refractivity contribution in [3.05, 3.63) is 29.3 Å². The third kappa shape index (κ3) is 1.84. The van der Waals surface area contributed by atoms with E-state index in [2.05, 4.69) is 5.32 Å². The van der Waals surface area contributed by atoms with Crippen molar-refractivity contribution in [1.82, 2.24) is 5.32 Å². The van der Waals surface area contributed by atoms with Gasteiger partial charge >= 0.3 is 0 Å². The van der Waals surface area contributed by atoms with Gasteiger partial charge in [-0.05, 0) is 18.2 Å². The number of carbonyl (C=O) groups excluding carboxylic acids is 1. The third-order valence-corrected chi connectivity index (χ3v) is 1.70. The van der Waals surface area contributed by atoms with Gasteiger partial charge < -0.3 is 16.5 Å². The summed E-state index contributed by atoms with van der Waals surface area (Å²) in [6, 6.07) is 4.84. The van der Waals surface area contributed by atoms with E-state index in [1.165, 1.54) is 0 Å². The van der Waals surface area contributed by atoms with E-state index in [1.54, 1.807) is 25.2 Å². The second-order valence-corrected chi connectivity index (χ2v) is 2.57. The van der Waals surface area contributed by atoms with Crippen LogP contribution in [0.5, 0.6) is 0 Å². The molecule has 0 saturated carbocycles. The van der Waals surface area contributed by atoms with Gasteiger partial charge in [-0.15, -0.1) is 0 Å². The maximum Gasteiger partial charge on any atom is 0.251 e. The molecule has 1 aromatic carbocycles. The first kappa shape index (κ1) is 9.25. The van der Waals surface area contributed by atoms with Gasteiger partial charge in [-0.3, -0.25) is 4.79 Å². The van der Waals surface area contributed by atoms with Gasteiger partial charge in [-0.25, -0.2) is 0 Å². The molecule has 0 aliphatic rings. The molecular weight excluding hydrogens is 166 g/mol. The lowest BCUT2D eigenvalue weighted by molar-refractivity contribution is 0.0963. The summed E-state index contributed by atoms with van der Waals surface area (Å²) >= 11 is 0. The van der Waals surface area contributed by atoms with E-state index in [0.29, 0.717) is 16.8 Å². The number of benzene rings is 1. The molecule has 0 aliphatic heterocycles. The fourth-order valence-corrected chi connectivity index (χ4v) is 1.04. The zero-order chi connectivity index (χ0) is 9.84. The Hall–Kier alpha value is -1.84. The number of carbonyl (C=O) groups is 1. The molecular formula is C9H11N3O. The van der Waals surface area contributed by atoms with E-state index >= 15 is 0 Å². The lowest BCUT2D eigenvalue weighted by Gasteiger charge is -2.04. The zero-order valence-corrected chi connectivity index (χ0v) is 7.29. The van der Waals surface area contributed by atoms with Gasteiger partial charge in [0.1, 0.15) is 0 Å². The number of nitrogens with two attached hydrogens (primary N) is 1. The largest absolute Gasteiger partial charge is 0.399 e. The van der Waals surface area contributed by atoms with Crippen LogP contribution in [0, 0.1) is 5.41 Å². The number of amides is 1. The van der Waals surface area contributed by atoms with Gasteiger partial charge in [0.15, 0.2) is 0 Å². The topological polar surface area (TPSA) is 79.0 Å². The van der Waals surface area contributed by atoms with Crippen molar-refractivity contribution in [2.45, 2.75) is 0 Å². The maximum atomic E-state index is 11.2. The van der Waals surface area contributed by atoms with Gasteiger partial charge in [0.2, 0.25) is 0 Å². The maximum absolute atomic E-state index is 11.2. The molecule has 0 unspecified atom stereocenters. The minimum Gasteiger partial charge on any atom is -0.399 e. The standard InChI is InChI=1S/C9H11N3O/c1-12-9(13)8-3-2-7(11)4-6(8)5-10/h2-5,10H,11H2,1H3,(H,12,13). The Bertz CT molecular complexity index is 347. The molecule has 0 aromatic heterocycles. The van der Waals surface area contributed by atoms with Crippen molar-refractivity contribution in [2.75, 3.05) is 12.8 Å². The molecule has 1 aromatic rings. The SMILES string of the molecule is CNC(=O)c1ccc(N)cc1C=N. The molecule has 0 saturated heterocycles. The molecule has 13 heavy (non-hydrogen) atoms. The number of nitrogens with one attached hydrogen (secondary N) is 2. The predicted molar refractivity (Wildman–Crippen MR) is 52.1 cm³/mol. The average molecular weight is 177 g/mol. The van der Waals surface area contributed by atoms with Crippen LogP contribution >= 0.6 is 0 Å². The van der Waals surface area contributed by atoms with Gasteiger partial charge in [-0.2, -0.15) is 0 Å². The zero-order valence-electron chi connectivity index (χ0n) is 7.29. The molecule has 4 nitrogen and oxygen atoms in total. The number of nitrogen functional groups attached to an aromatic ring is 1. The Morgan fingerprint density at radius 1 is 1.62 bits per heavy atom. The van der Waals surface area contributed by atoms with Crippen molar-refractivity contribution in [2.24, 2.45) is 0 Å². The summed E-state index contributed by atoms with van der Waals surface area (Å²) < 4.78 is 0. The highest BCUT2D eigenvalue weighted by molar-refractivity contribution is 6.02. The molecule has 0 atom stereocenters. The molecule has 0 aliphatic carbocycles. The number of hydrogen-bond acceptors (Lipinski definition) is 3. The predicted octanol–water partition coefficient (Wildman–Crippen LogP) is 0.626. The number of hydrogen-bond donors (Lipinski definition) is 3. The van der Waals surface area contributed by atoms with E-state index in [1.807, 2.05) is 0 Å². The quantitative estimate of drug-likeness (QED) is 0.457. The molecule has 4 N–H and O–H groups in total. The average Bonchev–Trinajstić information content (AvgIpc) is 2.16. The number of rotatable bonds is 2. The Morgan fingerprint density at radius 2 is 2.31 bits per heavy atom. The molecule has 0 heterocycles. The van der Waals surface area contributed by atoms with Gasteiger partial charge in [0, 0.05) is 30.1 Å². The second kappa shape index (κ2) is 3.71. The summed E-state index contributed by atoms with van der Waals surface area (Å²) in [7, 11) is 1.55. The molecule has 1 amide bonds. The monoisotopic (exact) mass is 177 g/mol. The van der Waals surface area contributed by atoms with E-state index in [0.717, 1.165) is 6.21 Å². The summed E-state index contributed by atoms with van der Waals surface area (Å²) in [5.74, 6) is -0.210. The highest BCUT2D eigenvalue weighted by Crippen LogP contribution is 2.11. The first-order valence-electron chi connectivity index (χ1n) is 3.81. The highest BCUT2D eigenvalue weighted by Gasteiger charge is 2.07. The van der Waals surface area contributed by atoms with Gasteiger partial charge in [0.05, 0.1) is 0 Å². The molecule has 0 radical (unpaired) electrons. The Morgan fingerprint density at radius 3 is 2.85 bits per heavy atom. The molecule has 68 valence electrons. The van der Waals surface area contributed by atoms with Gasteiger partial charge in [0.25, 0.3) is 5.91 Å². The van der Waals surface area contributed by atoms with Crippen LogP contribution in [0.2, 0.25) is 0 Å². The summed E-state index contributed by atoms with van der Waals surface area (Å²) in [4.78, 5) is 11.2. The van der Waals surface area contributed by atoms with Crippen molar-refractivity contribution in [3.63, 3.8) is 0 Å². The van der Waals surface area contributed by atoms with Crippen LogP contribution in [-0.4, -0.2) is 19.2 Å². The van der Waals surface area contributed by atoms with E-state index in [-0.39, 0.29) is 5.91 Å². The summed E-state index contributed by atoms with van der Waals surface area (Å²) in [5, 5.41) is 9.58. The third-order valence-electron chi connectivity index (χ3n) is 1.70. The van der Waals surface area contributed by atoms with Crippen LogP contribution in [0.1, 0.15) is 15.9 Å². The van der Waals surface area contributed by atoms with Gasteiger partial charge in [-0.1, -0.05) is 0 Å². The lowest BCUT2D eigenvalue weighted by Crippen LogP contribution is -2.19. The smallest absolute Gasteiger partial charge is 0.251 e. The fraction of sp³-hybridized carbons (Fsp3) is 0.111. The van der Waals surface area contributed by atoms with Crippen molar-refractivity contribution in [3.8, 4) is 0 Å². The molecule has 0 bridgehead atoms. The van der Waals surface area contributed by atoms with E-state index in [4.69, 9.17) is 11.1 Å². The van der Waals surface area contributed by atoms with Crippen LogP contribution in [-0.2, 0) is 0 Å². The normalized spacial score (nSPS) is 9.31. The first-order valence-corrected chi connectivity index (χ1v) is 3.81. The Balaban J connectivity index is 3.20. The first-order chi connectivity index (χ1) is 6.19. The lowest BCUT2D eigenvalue weighted by atomic mass is 10.1. The van der Waals surface area contributed by atoms with Crippen LogP contribution < -0.4 is 11.1 Å². The molecule has 1 rings (SSSR count). The van der Waals surface area contributed by atoms with Crippen LogP contribution in [0.3, 0.4) is 0 Å². The second-order valence-electron chi connectivity index (χ2n) is 2.57.